The number of halogens is 3. The topological polar surface area (TPSA) is 64.7 Å². The molecule has 6 nitrogen and oxygen atoms in total. The second kappa shape index (κ2) is 9.62. The number of hydrogen-bond acceptors (Lipinski definition) is 3. The zero-order valence-electron chi connectivity index (χ0n) is 16.4. The Labute approximate surface area is 172 Å². The van der Waals surface area contributed by atoms with Gasteiger partial charge < -0.3 is 15.5 Å². The first-order chi connectivity index (χ1) is 14.3. The molecule has 1 aliphatic heterocycles. The van der Waals surface area contributed by atoms with Crippen molar-refractivity contribution in [3.63, 3.8) is 0 Å². The van der Waals surface area contributed by atoms with Gasteiger partial charge in [0.15, 0.2) is 0 Å². The molecule has 30 heavy (non-hydrogen) atoms. The molecule has 2 aromatic carbocycles. The first-order valence-electron chi connectivity index (χ1n) is 9.58. The van der Waals surface area contributed by atoms with E-state index < -0.39 is 18.3 Å². The van der Waals surface area contributed by atoms with Gasteiger partial charge >= 0.3 is 6.03 Å². The van der Waals surface area contributed by atoms with E-state index in [1.165, 1.54) is 36.4 Å². The van der Waals surface area contributed by atoms with Crippen molar-refractivity contribution < 1.29 is 22.8 Å². The van der Waals surface area contributed by atoms with E-state index in [0.717, 1.165) is 0 Å². The van der Waals surface area contributed by atoms with E-state index in [0.29, 0.717) is 37.6 Å². The van der Waals surface area contributed by atoms with Gasteiger partial charge in [0.25, 0.3) is 6.43 Å². The summed E-state index contributed by atoms with van der Waals surface area (Å²) in [4.78, 5) is 28.4. The SMILES string of the molecule is CC(C(=O)Nc1cccc(F)c1)N1CCN(C(=O)Nc2cccc(C(F)F)c2)CC1. The summed E-state index contributed by atoms with van der Waals surface area (Å²) >= 11 is 0. The Morgan fingerprint density at radius 2 is 1.57 bits per heavy atom. The van der Waals surface area contributed by atoms with E-state index >= 15 is 0 Å². The summed E-state index contributed by atoms with van der Waals surface area (Å²) in [6.07, 6.45) is -2.61. The van der Waals surface area contributed by atoms with E-state index in [1.807, 2.05) is 4.90 Å². The summed E-state index contributed by atoms with van der Waals surface area (Å²) in [5.74, 6) is -0.693. The second-order valence-corrected chi connectivity index (χ2v) is 7.05. The Morgan fingerprint density at radius 3 is 2.20 bits per heavy atom. The predicted octanol–water partition coefficient (Wildman–Crippen LogP) is 3.94. The van der Waals surface area contributed by atoms with Gasteiger partial charge in [0.05, 0.1) is 6.04 Å². The van der Waals surface area contributed by atoms with E-state index in [1.54, 1.807) is 24.0 Å². The number of anilines is 2. The third kappa shape index (κ3) is 5.50. The molecule has 9 heteroatoms. The molecular weight excluding hydrogens is 397 g/mol. The quantitative estimate of drug-likeness (QED) is 0.770. The summed E-state index contributed by atoms with van der Waals surface area (Å²) in [5, 5.41) is 5.32. The Balaban J connectivity index is 1.50. The monoisotopic (exact) mass is 420 g/mol. The molecule has 0 saturated carbocycles. The van der Waals surface area contributed by atoms with Gasteiger partial charge in [0.2, 0.25) is 5.91 Å². The Kier molecular flexibility index (Phi) is 6.94. The molecule has 3 rings (SSSR count). The second-order valence-electron chi connectivity index (χ2n) is 7.05. The van der Waals surface area contributed by atoms with Crippen LogP contribution in [-0.4, -0.2) is 54.0 Å². The lowest BCUT2D eigenvalue weighted by molar-refractivity contribution is -0.121. The third-order valence-electron chi connectivity index (χ3n) is 5.01. The van der Waals surface area contributed by atoms with Crippen LogP contribution < -0.4 is 10.6 Å². The fraction of sp³-hybridized carbons (Fsp3) is 0.333. The highest BCUT2D eigenvalue weighted by Crippen LogP contribution is 2.22. The Morgan fingerprint density at radius 1 is 0.933 bits per heavy atom. The summed E-state index contributed by atoms with van der Waals surface area (Å²) in [5.41, 5.74) is 0.537. The third-order valence-corrected chi connectivity index (χ3v) is 5.01. The van der Waals surface area contributed by atoms with Crippen molar-refractivity contribution in [1.29, 1.82) is 0 Å². The molecule has 2 N–H and O–H groups in total. The molecule has 1 aliphatic rings. The van der Waals surface area contributed by atoms with Crippen LogP contribution in [0.1, 0.15) is 18.9 Å². The van der Waals surface area contributed by atoms with Gasteiger partial charge in [-0.2, -0.15) is 0 Å². The van der Waals surface area contributed by atoms with Crippen molar-refractivity contribution >= 4 is 23.3 Å². The first-order valence-corrected chi connectivity index (χ1v) is 9.58. The van der Waals surface area contributed by atoms with E-state index in [2.05, 4.69) is 10.6 Å². The normalized spacial score (nSPS) is 15.7. The molecule has 1 atom stereocenters. The minimum Gasteiger partial charge on any atom is -0.325 e. The number of amides is 3. The molecule has 1 unspecified atom stereocenters. The maximum atomic E-state index is 13.3. The molecule has 0 aliphatic carbocycles. The minimum absolute atomic E-state index is 0.157. The molecule has 0 radical (unpaired) electrons. The van der Waals surface area contributed by atoms with Crippen LogP contribution in [0.15, 0.2) is 48.5 Å². The van der Waals surface area contributed by atoms with Gasteiger partial charge in [-0.1, -0.05) is 18.2 Å². The highest BCUT2D eigenvalue weighted by atomic mass is 19.3. The van der Waals surface area contributed by atoms with Crippen molar-refractivity contribution in [3.8, 4) is 0 Å². The zero-order valence-corrected chi connectivity index (χ0v) is 16.4. The lowest BCUT2D eigenvalue weighted by Gasteiger charge is -2.37. The maximum absolute atomic E-state index is 13.3. The van der Waals surface area contributed by atoms with Crippen LogP contribution in [0.4, 0.5) is 29.3 Å². The zero-order chi connectivity index (χ0) is 21.7. The number of rotatable bonds is 5. The largest absolute Gasteiger partial charge is 0.325 e. The Hall–Kier alpha value is -3.07. The molecular formula is C21H23F3N4O2. The number of benzene rings is 2. The molecule has 160 valence electrons. The molecule has 0 spiro atoms. The van der Waals surface area contributed by atoms with Crippen LogP contribution in [0, 0.1) is 5.82 Å². The summed E-state index contributed by atoms with van der Waals surface area (Å²) < 4.78 is 38.9. The highest BCUT2D eigenvalue weighted by molar-refractivity contribution is 5.94. The molecule has 0 aromatic heterocycles. The van der Waals surface area contributed by atoms with Crippen molar-refractivity contribution in [2.45, 2.75) is 19.4 Å². The molecule has 1 fully saturated rings. The van der Waals surface area contributed by atoms with Crippen molar-refractivity contribution in [2.75, 3.05) is 36.8 Å². The van der Waals surface area contributed by atoms with Crippen molar-refractivity contribution in [3.05, 3.63) is 59.9 Å². The summed E-state index contributed by atoms with van der Waals surface area (Å²) in [6, 6.07) is 10.4. The van der Waals surface area contributed by atoms with Gasteiger partial charge in [-0.25, -0.2) is 18.0 Å². The van der Waals surface area contributed by atoms with Gasteiger partial charge in [-0.3, -0.25) is 9.69 Å². The Bertz CT molecular complexity index is 901. The number of piperazine rings is 1. The van der Waals surface area contributed by atoms with E-state index in [4.69, 9.17) is 0 Å². The summed E-state index contributed by atoms with van der Waals surface area (Å²) in [6.45, 7) is 3.47. The smallest absolute Gasteiger partial charge is 0.321 e. The highest BCUT2D eigenvalue weighted by Gasteiger charge is 2.27. The van der Waals surface area contributed by atoms with Crippen LogP contribution in [0.2, 0.25) is 0 Å². The molecule has 2 aromatic rings. The van der Waals surface area contributed by atoms with Crippen LogP contribution in [-0.2, 0) is 4.79 Å². The van der Waals surface area contributed by atoms with E-state index in [-0.39, 0.29) is 17.5 Å². The van der Waals surface area contributed by atoms with Gasteiger partial charge in [0, 0.05) is 43.1 Å². The molecule has 1 heterocycles. The fourth-order valence-electron chi connectivity index (χ4n) is 3.25. The number of urea groups is 1. The van der Waals surface area contributed by atoms with Gasteiger partial charge in [-0.05, 0) is 37.3 Å². The number of nitrogens with zero attached hydrogens (tertiary/aromatic N) is 2. The standard InChI is InChI=1S/C21H23F3N4O2/c1-14(20(29)25-18-7-3-5-16(22)13-18)27-8-10-28(11-9-27)21(30)26-17-6-2-4-15(12-17)19(23)24/h2-7,12-14,19H,8-11H2,1H3,(H,25,29)(H,26,30). The van der Waals surface area contributed by atoms with E-state index in [9.17, 15) is 22.8 Å². The molecule has 1 saturated heterocycles. The molecule has 0 bridgehead atoms. The van der Waals surface area contributed by atoms with Gasteiger partial charge in [0.1, 0.15) is 5.82 Å². The predicted molar refractivity (Wildman–Crippen MR) is 108 cm³/mol. The first kappa shape index (κ1) is 21.6. The maximum Gasteiger partial charge on any atom is 0.321 e. The van der Waals surface area contributed by atoms with Crippen molar-refractivity contribution in [1.82, 2.24) is 9.80 Å². The minimum atomic E-state index is -2.61. The lowest BCUT2D eigenvalue weighted by atomic mass is 10.2. The number of alkyl halides is 2. The van der Waals surface area contributed by atoms with Crippen LogP contribution in [0.25, 0.3) is 0 Å². The van der Waals surface area contributed by atoms with Gasteiger partial charge in [-0.15, -0.1) is 0 Å². The fourth-order valence-corrected chi connectivity index (χ4v) is 3.25. The number of nitrogens with one attached hydrogen (secondary N) is 2. The van der Waals surface area contributed by atoms with Crippen LogP contribution in [0.5, 0.6) is 0 Å². The number of carbonyl (C=O) groups is 2. The molecule has 3 amide bonds. The average Bonchev–Trinajstić information content (AvgIpc) is 2.73. The van der Waals surface area contributed by atoms with Crippen LogP contribution in [0.3, 0.4) is 0 Å². The van der Waals surface area contributed by atoms with Crippen molar-refractivity contribution in [2.24, 2.45) is 0 Å². The number of carbonyl (C=O) groups excluding carboxylic acids is 2. The lowest BCUT2D eigenvalue weighted by Crippen LogP contribution is -2.54. The summed E-state index contributed by atoms with van der Waals surface area (Å²) in [7, 11) is 0. The number of hydrogen-bond donors (Lipinski definition) is 2. The van der Waals surface area contributed by atoms with Crippen LogP contribution >= 0.6 is 0 Å². The average molecular weight is 420 g/mol.